The number of aliphatic hydroxyl groups is 1. The minimum absolute atomic E-state index is 0.0729. The van der Waals surface area contributed by atoms with E-state index in [4.69, 9.17) is 11.6 Å². The molecule has 5 N–H and O–H groups in total. The first-order valence-corrected chi connectivity index (χ1v) is 14.7. The number of alkyl halides is 5. The van der Waals surface area contributed by atoms with Gasteiger partial charge in [-0.15, -0.1) is 13.2 Å². The minimum atomic E-state index is -4.91. The van der Waals surface area contributed by atoms with Gasteiger partial charge in [-0.2, -0.15) is 13.9 Å². The number of hydrogen-bond acceptors (Lipinski definition) is 7. The molecule has 1 atom stereocenters. The molecule has 4 rings (SSSR count). The fourth-order valence-corrected chi connectivity index (χ4v) is 5.80. The average Bonchev–Trinajstić information content (AvgIpc) is 3.26. The van der Waals surface area contributed by atoms with Crippen molar-refractivity contribution in [1.29, 1.82) is 0 Å². The molecule has 0 bridgehead atoms. The van der Waals surface area contributed by atoms with E-state index in [-0.39, 0.29) is 44.2 Å². The Morgan fingerprint density at radius 2 is 1.73 bits per heavy atom. The number of ether oxygens (including phenoxy) is 1. The molecule has 1 aromatic heterocycles. The number of rotatable bonds is 9. The number of halogens is 6. The van der Waals surface area contributed by atoms with Gasteiger partial charge in [-0.25, -0.2) is 10.2 Å². The Balaban J connectivity index is 1.93. The van der Waals surface area contributed by atoms with E-state index in [0.29, 0.717) is 18.1 Å². The minimum Gasteiger partial charge on any atom is -0.406 e. The van der Waals surface area contributed by atoms with E-state index in [2.05, 4.69) is 9.84 Å². The van der Waals surface area contributed by atoms with Gasteiger partial charge in [0.1, 0.15) is 17.3 Å². The lowest BCUT2D eigenvalue weighted by Crippen LogP contribution is -2.30. The van der Waals surface area contributed by atoms with E-state index in [1.165, 1.54) is 49.2 Å². The second-order valence-electron chi connectivity index (χ2n) is 10.1. The largest absolute Gasteiger partial charge is 0.573 e. The van der Waals surface area contributed by atoms with E-state index >= 15 is 4.39 Å². The van der Waals surface area contributed by atoms with Gasteiger partial charge in [-0.05, 0) is 60.5 Å². The fraction of sp³-hybridized carbons (Fsp3) is 0.233. The quantitative estimate of drug-likeness (QED) is 0.114. The summed E-state index contributed by atoms with van der Waals surface area (Å²) in [6, 6.07) is 12.0. The summed E-state index contributed by atoms with van der Waals surface area (Å²) in [5, 5.41) is 14.7. The monoisotopic (exact) mass is 653 g/mol. The first kappa shape index (κ1) is 33.6. The van der Waals surface area contributed by atoms with Gasteiger partial charge in [-0.3, -0.25) is 13.9 Å². The maximum absolute atomic E-state index is 15.0. The average molecular weight is 654 g/mol. The van der Waals surface area contributed by atoms with Crippen LogP contribution in [-0.4, -0.2) is 31.7 Å². The standard InChI is InChI=1S/C30H29F6N5O3S/c1-16-27(40(3)39-28(16)29(2,32)33)21-10-7-18(19-11-23(31)22(15-42)26(13-19)45(4)43)12-24(21)41(38)25(14-37)17-5-8-20(9-6-17)44-30(34,35)36/h5-14,42H,15,37-38H2,1-4H3/b25-14-. The molecule has 4 aromatic rings. The van der Waals surface area contributed by atoms with Gasteiger partial charge in [0, 0.05) is 53.6 Å². The molecule has 0 radical (unpaired) electrons. The molecule has 1 unspecified atom stereocenters. The molecule has 1 heterocycles. The predicted molar refractivity (Wildman–Crippen MR) is 159 cm³/mol. The molecule has 0 amide bonds. The summed E-state index contributed by atoms with van der Waals surface area (Å²) in [4.78, 5) is 0.0729. The number of aryl methyl sites for hydroxylation is 1. The van der Waals surface area contributed by atoms with Crippen molar-refractivity contribution in [3.8, 4) is 28.1 Å². The van der Waals surface area contributed by atoms with Crippen LogP contribution >= 0.6 is 0 Å². The zero-order valence-electron chi connectivity index (χ0n) is 24.4. The number of nitrogens with zero attached hydrogens (tertiary/aromatic N) is 3. The SMILES string of the molecule is Cc1c(C(C)(F)F)nn(C)c1-c1ccc(-c2cc(F)c(CO)c(S(C)=O)c2)cc1N(N)/C(=C\N)c1ccc(OC(F)(F)F)cc1. The number of anilines is 1. The lowest BCUT2D eigenvalue weighted by Gasteiger charge is -2.26. The molecule has 0 saturated carbocycles. The Morgan fingerprint density at radius 3 is 2.24 bits per heavy atom. The predicted octanol–water partition coefficient (Wildman–Crippen LogP) is 6.08. The first-order valence-electron chi connectivity index (χ1n) is 13.1. The first-order chi connectivity index (χ1) is 21.0. The molecule has 240 valence electrons. The van der Waals surface area contributed by atoms with E-state index in [0.717, 1.165) is 29.4 Å². The van der Waals surface area contributed by atoms with E-state index in [9.17, 15) is 31.3 Å². The smallest absolute Gasteiger partial charge is 0.406 e. The number of nitrogens with two attached hydrogens (primary N) is 2. The third kappa shape index (κ3) is 7.00. The normalized spacial score (nSPS) is 13.2. The summed E-state index contributed by atoms with van der Waals surface area (Å²) in [6.45, 7) is 1.51. The van der Waals surface area contributed by atoms with Crippen molar-refractivity contribution in [2.45, 2.75) is 37.6 Å². The molecule has 0 aliphatic carbocycles. The number of hydrogen-bond donors (Lipinski definition) is 3. The van der Waals surface area contributed by atoms with Crippen LogP contribution in [0.15, 0.2) is 65.7 Å². The summed E-state index contributed by atoms with van der Waals surface area (Å²) in [6.07, 6.45) is -2.47. The van der Waals surface area contributed by atoms with Gasteiger partial charge in [0.15, 0.2) is 0 Å². The third-order valence-corrected chi connectivity index (χ3v) is 7.95. The van der Waals surface area contributed by atoms with Crippen LogP contribution < -0.4 is 21.3 Å². The molecule has 45 heavy (non-hydrogen) atoms. The van der Waals surface area contributed by atoms with E-state index < -0.39 is 47.0 Å². The van der Waals surface area contributed by atoms with Crippen molar-refractivity contribution in [3.05, 3.63) is 89.0 Å². The molecule has 0 saturated heterocycles. The van der Waals surface area contributed by atoms with Crippen LogP contribution in [0.5, 0.6) is 5.75 Å². The van der Waals surface area contributed by atoms with Crippen LogP contribution in [0, 0.1) is 12.7 Å². The maximum atomic E-state index is 15.0. The Hall–Kier alpha value is -4.34. The molecule has 0 fully saturated rings. The molecule has 15 heteroatoms. The maximum Gasteiger partial charge on any atom is 0.573 e. The molecule has 0 aliphatic rings. The van der Waals surface area contributed by atoms with Crippen LogP contribution in [0.3, 0.4) is 0 Å². The molecule has 3 aromatic carbocycles. The van der Waals surface area contributed by atoms with Crippen molar-refractivity contribution in [2.24, 2.45) is 18.6 Å². The lowest BCUT2D eigenvalue weighted by atomic mass is 9.96. The van der Waals surface area contributed by atoms with Crippen molar-refractivity contribution >= 4 is 22.2 Å². The fourth-order valence-electron chi connectivity index (χ4n) is 4.99. The van der Waals surface area contributed by atoms with Crippen molar-refractivity contribution < 1.29 is 40.4 Å². The highest BCUT2D eigenvalue weighted by molar-refractivity contribution is 7.84. The van der Waals surface area contributed by atoms with Crippen LogP contribution in [-0.2, 0) is 30.4 Å². The number of aromatic nitrogens is 2. The molecular weight excluding hydrogens is 624 g/mol. The molecule has 0 aliphatic heterocycles. The summed E-state index contributed by atoms with van der Waals surface area (Å²) in [5.74, 6) is 2.04. The van der Waals surface area contributed by atoms with Gasteiger partial charge in [0.05, 0.1) is 34.5 Å². The summed E-state index contributed by atoms with van der Waals surface area (Å²) in [5.41, 5.74) is 7.25. The van der Waals surface area contributed by atoms with Gasteiger partial charge in [0.25, 0.3) is 5.92 Å². The van der Waals surface area contributed by atoms with Crippen LogP contribution in [0.4, 0.5) is 32.0 Å². The number of hydrazine groups is 1. The van der Waals surface area contributed by atoms with Crippen molar-refractivity contribution in [2.75, 3.05) is 11.3 Å². The lowest BCUT2D eigenvalue weighted by molar-refractivity contribution is -0.274. The van der Waals surface area contributed by atoms with E-state index in [1.54, 1.807) is 12.1 Å². The van der Waals surface area contributed by atoms with Crippen molar-refractivity contribution in [1.82, 2.24) is 9.78 Å². The van der Waals surface area contributed by atoms with Gasteiger partial charge in [0.2, 0.25) is 0 Å². The molecule has 0 spiro atoms. The topological polar surface area (TPSA) is 120 Å². The summed E-state index contributed by atoms with van der Waals surface area (Å²) >= 11 is 0. The zero-order chi connectivity index (χ0) is 33.4. The Morgan fingerprint density at radius 1 is 1.09 bits per heavy atom. The number of benzene rings is 3. The number of aliphatic hydroxyl groups excluding tert-OH is 1. The van der Waals surface area contributed by atoms with Crippen LogP contribution in [0.25, 0.3) is 28.1 Å². The Bertz CT molecular complexity index is 1780. The highest BCUT2D eigenvalue weighted by Gasteiger charge is 2.34. The summed E-state index contributed by atoms with van der Waals surface area (Å²) in [7, 11) is -0.188. The van der Waals surface area contributed by atoms with Gasteiger partial charge >= 0.3 is 6.36 Å². The highest BCUT2D eigenvalue weighted by Crippen LogP contribution is 2.41. The second kappa shape index (κ2) is 12.6. The second-order valence-corrected chi connectivity index (χ2v) is 11.5. The third-order valence-electron chi connectivity index (χ3n) is 6.97. The highest BCUT2D eigenvalue weighted by atomic mass is 32.2. The molecular formula is C30H29F6N5O3S. The van der Waals surface area contributed by atoms with Gasteiger partial charge < -0.3 is 15.6 Å². The Kier molecular flexibility index (Phi) is 9.37. The van der Waals surface area contributed by atoms with Gasteiger partial charge in [-0.1, -0.05) is 12.1 Å². The summed E-state index contributed by atoms with van der Waals surface area (Å²) < 4.78 is 99.5. The molecule has 8 nitrogen and oxygen atoms in total. The van der Waals surface area contributed by atoms with Crippen LogP contribution in [0.1, 0.15) is 29.3 Å². The van der Waals surface area contributed by atoms with E-state index in [1.807, 2.05) is 0 Å². The van der Waals surface area contributed by atoms with Crippen molar-refractivity contribution in [3.63, 3.8) is 0 Å². The zero-order valence-corrected chi connectivity index (χ0v) is 25.2. The Labute approximate surface area is 256 Å². The van der Waals surface area contributed by atoms with Crippen LogP contribution in [0.2, 0.25) is 0 Å².